The fraction of sp³-hybridized carbons (Fsp3) is 0.143. The maximum absolute atomic E-state index is 12.5. The van der Waals surface area contributed by atoms with Crippen LogP contribution in [0.3, 0.4) is 0 Å². The van der Waals surface area contributed by atoms with E-state index in [1.54, 1.807) is 24.3 Å². The number of amides is 1. The van der Waals surface area contributed by atoms with E-state index in [0.717, 1.165) is 16.3 Å². The SMILES string of the molecule is COC(=O)[C@@H](Cc1cccc2ccccc12)NC(=O)c1ccc(Cl)cc1. The van der Waals surface area contributed by atoms with Crippen LogP contribution in [0.5, 0.6) is 0 Å². The lowest BCUT2D eigenvalue weighted by Gasteiger charge is -2.18. The molecule has 3 rings (SSSR count). The first-order chi connectivity index (χ1) is 12.6. The Morgan fingerprint density at radius 2 is 1.69 bits per heavy atom. The van der Waals surface area contributed by atoms with Gasteiger partial charge in [0.15, 0.2) is 0 Å². The minimum Gasteiger partial charge on any atom is -0.467 e. The Morgan fingerprint density at radius 3 is 2.42 bits per heavy atom. The lowest BCUT2D eigenvalue weighted by Crippen LogP contribution is -2.43. The minimum absolute atomic E-state index is 0.341. The van der Waals surface area contributed by atoms with Crippen molar-refractivity contribution in [2.24, 2.45) is 0 Å². The number of carbonyl (C=O) groups is 2. The highest BCUT2D eigenvalue weighted by atomic mass is 35.5. The maximum Gasteiger partial charge on any atom is 0.328 e. The van der Waals surface area contributed by atoms with Crippen LogP contribution >= 0.6 is 11.6 Å². The second kappa shape index (κ2) is 8.02. The Hall–Kier alpha value is -2.85. The Labute approximate surface area is 156 Å². The third-order valence-electron chi connectivity index (χ3n) is 4.20. The molecule has 1 atom stereocenters. The van der Waals surface area contributed by atoms with Crippen molar-refractivity contribution in [3.63, 3.8) is 0 Å². The highest BCUT2D eigenvalue weighted by Gasteiger charge is 2.23. The molecule has 0 saturated carbocycles. The van der Waals surface area contributed by atoms with E-state index in [1.165, 1.54) is 7.11 Å². The highest BCUT2D eigenvalue weighted by molar-refractivity contribution is 6.30. The molecule has 3 aromatic rings. The lowest BCUT2D eigenvalue weighted by molar-refractivity contribution is -0.142. The molecule has 0 heterocycles. The van der Waals surface area contributed by atoms with Crippen LogP contribution in [0.25, 0.3) is 10.8 Å². The molecule has 0 spiro atoms. The predicted octanol–water partition coefficient (Wildman–Crippen LogP) is 4.01. The van der Waals surface area contributed by atoms with Crippen molar-refractivity contribution < 1.29 is 14.3 Å². The highest BCUT2D eigenvalue weighted by Crippen LogP contribution is 2.20. The third kappa shape index (κ3) is 4.03. The van der Waals surface area contributed by atoms with Crippen LogP contribution in [0.2, 0.25) is 5.02 Å². The monoisotopic (exact) mass is 367 g/mol. The van der Waals surface area contributed by atoms with Gasteiger partial charge >= 0.3 is 5.97 Å². The van der Waals surface area contributed by atoms with Gasteiger partial charge in [0, 0.05) is 17.0 Å². The summed E-state index contributed by atoms with van der Waals surface area (Å²) in [6.07, 6.45) is 0.341. The fourth-order valence-electron chi connectivity index (χ4n) is 2.87. The molecule has 0 radical (unpaired) electrons. The van der Waals surface area contributed by atoms with Crippen LogP contribution in [0.4, 0.5) is 0 Å². The van der Waals surface area contributed by atoms with Crippen molar-refractivity contribution in [3.8, 4) is 0 Å². The Balaban J connectivity index is 1.85. The Kier molecular flexibility index (Phi) is 5.54. The summed E-state index contributed by atoms with van der Waals surface area (Å²) in [5, 5.41) is 5.43. The number of rotatable bonds is 5. The first-order valence-corrected chi connectivity index (χ1v) is 8.57. The summed E-state index contributed by atoms with van der Waals surface area (Å²) >= 11 is 5.85. The summed E-state index contributed by atoms with van der Waals surface area (Å²) in [4.78, 5) is 24.7. The quantitative estimate of drug-likeness (QED) is 0.693. The van der Waals surface area contributed by atoms with E-state index in [-0.39, 0.29) is 5.91 Å². The number of hydrogen-bond donors (Lipinski definition) is 1. The van der Waals surface area contributed by atoms with Crippen LogP contribution < -0.4 is 5.32 Å². The molecule has 0 aliphatic heterocycles. The molecule has 1 amide bonds. The number of benzene rings is 3. The zero-order valence-corrected chi connectivity index (χ0v) is 15.0. The normalized spacial score (nSPS) is 11.8. The van der Waals surface area contributed by atoms with Gasteiger partial charge in [0.25, 0.3) is 5.91 Å². The number of methoxy groups -OCH3 is 1. The lowest BCUT2D eigenvalue weighted by atomic mass is 9.98. The fourth-order valence-corrected chi connectivity index (χ4v) is 2.99. The van der Waals surface area contributed by atoms with E-state index in [1.807, 2.05) is 42.5 Å². The summed E-state index contributed by atoms with van der Waals surface area (Å²) in [7, 11) is 1.31. The molecule has 3 aromatic carbocycles. The van der Waals surface area contributed by atoms with Gasteiger partial charge in [-0.3, -0.25) is 4.79 Å². The van der Waals surface area contributed by atoms with Crippen LogP contribution in [0, 0.1) is 0 Å². The molecule has 0 aliphatic rings. The first-order valence-electron chi connectivity index (χ1n) is 8.19. The Morgan fingerprint density at radius 1 is 1.00 bits per heavy atom. The summed E-state index contributed by atoms with van der Waals surface area (Å²) < 4.78 is 4.88. The van der Waals surface area contributed by atoms with Gasteiger partial charge in [-0.25, -0.2) is 4.79 Å². The minimum atomic E-state index is -0.783. The second-order valence-electron chi connectivity index (χ2n) is 5.90. The van der Waals surface area contributed by atoms with Crippen molar-refractivity contribution in [1.29, 1.82) is 0 Å². The number of nitrogens with one attached hydrogen (secondary N) is 1. The van der Waals surface area contributed by atoms with Crippen molar-refractivity contribution in [2.75, 3.05) is 7.11 Å². The third-order valence-corrected chi connectivity index (χ3v) is 4.45. The van der Waals surface area contributed by atoms with Crippen molar-refractivity contribution in [1.82, 2.24) is 5.32 Å². The number of fused-ring (bicyclic) bond motifs is 1. The predicted molar refractivity (Wildman–Crippen MR) is 102 cm³/mol. The smallest absolute Gasteiger partial charge is 0.328 e. The van der Waals surface area contributed by atoms with Gasteiger partial charge in [0.05, 0.1) is 7.11 Å². The van der Waals surface area contributed by atoms with Crippen LogP contribution in [0.1, 0.15) is 15.9 Å². The van der Waals surface area contributed by atoms with Gasteiger partial charge in [-0.1, -0.05) is 54.1 Å². The second-order valence-corrected chi connectivity index (χ2v) is 6.33. The van der Waals surface area contributed by atoms with Gasteiger partial charge in [0.2, 0.25) is 0 Å². The first kappa shape index (κ1) is 18.0. The standard InChI is InChI=1S/C21H18ClNO3/c1-26-21(25)19(23-20(24)15-9-11-17(22)12-10-15)13-16-7-4-6-14-5-2-3-8-18(14)16/h2-12,19H,13H2,1H3,(H,23,24)/t19-/m1/s1. The van der Waals surface area contributed by atoms with E-state index >= 15 is 0 Å². The van der Waals surface area contributed by atoms with E-state index in [0.29, 0.717) is 17.0 Å². The van der Waals surface area contributed by atoms with Crippen molar-refractivity contribution in [3.05, 3.63) is 82.9 Å². The number of esters is 1. The summed E-state index contributed by atoms with van der Waals surface area (Å²) in [5.74, 6) is -0.836. The molecule has 4 nitrogen and oxygen atoms in total. The molecule has 0 saturated heterocycles. The molecule has 0 aromatic heterocycles. The average Bonchev–Trinajstić information content (AvgIpc) is 2.67. The molecule has 1 N–H and O–H groups in total. The van der Waals surface area contributed by atoms with Gasteiger partial charge in [-0.05, 0) is 40.6 Å². The summed E-state index contributed by atoms with van der Waals surface area (Å²) in [6.45, 7) is 0. The molecule has 5 heteroatoms. The van der Waals surface area contributed by atoms with Gasteiger partial charge in [-0.15, -0.1) is 0 Å². The molecule has 0 aliphatic carbocycles. The zero-order chi connectivity index (χ0) is 18.5. The van der Waals surface area contributed by atoms with E-state index < -0.39 is 12.0 Å². The number of carbonyl (C=O) groups excluding carboxylic acids is 2. The molecule has 0 unspecified atom stereocenters. The molecular formula is C21H18ClNO3. The number of hydrogen-bond acceptors (Lipinski definition) is 3. The van der Waals surface area contributed by atoms with Crippen LogP contribution in [0.15, 0.2) is 66.7 Å². The van der Waals surface area contributed by atoms with Crippen molar-refractivity contribution >= 4 is 34.2 Å². The summed E-state index contributed by atoms with van der Waals surface area (Å²) in [6, 6.07) is 19.5. The zero-order valence-electron chi connectivity index (χ0n) is 14.2. The molecule has 132 valence electrons. The topological polar surface area (TPSA) is 55.4 Å². The largest absolute Gasteiger partial charge is 0.467 e. The molecule has 0 bridgehead atoms. The van der Waals surface area contributed by atoms with E-state index in [9.17, 15) is 9.59 Å². The molecule has 0 fully saturated rings. The summed E-state index contributed by atoms with van der Waals surface area (Å²) in [5.41, 5.74) is 1.40. The number of halogens is 1. The molecule has 26 heavy (non-hydrogen) atoms. The Bertz CT molecular complexity index is 932. The van der Waals surface area contributed by atoms with Crippen LogP contribution in [-0.4, -0.2) is 25.0 Å². The average molecular weight is 368 g/mol. The molecular weight excluding hydrogens is 350 g/mol. The van der Waals surface area contributed by atoms with Gasteiger partial charge in [0.1, 0.15) is 6.04 Å². The van der Waals surface area contributed by atoms with Crippen molar-refractivity contribution in [2.45, 2.75) is 12.5 Å². The van der Waals surface area contributed by atoms with Crippen LogP contribution in [-0.2, 0) is 16.0 Å². The van der Waals surface area contributed by atoms with E-state index in [2.05, 4.69) is 5.32 Å². The number of ether oxygens (including phenoxy) is 1. The van der Waals surface area contributed by atoms with E-state index in [4.69, 9.17) is 16.3 Å². The maximum atomic E-state index is 12.5. The van der Waals surface area contributed by atoms with Gasteiger partial charge in [-0.2, -0.15) is 0 Å². The van der Waals surface area contributed by atoms with Gasteiger partial charge < -0.3 is 10.1 Å².